The zero-order valence-electron chi connectivity index (χ0n) is 15.1. The topological polar surface area (TPSA) is 80.0 Å². The second-order valence-electron chi connectivity index (χ2n) is 7.61. The highest BCUT2D eigenvalue weighted by Gasteiger charge is 2.54. The van der Waals surface area contributed by atoms with Gasteiger partial charge in [0.25, 0.3) is 11.8 Å². The predicted octanol–water partition coefficient (Wildman–Crippen LogP) is 2.49. The SMILES string of the molecule is C[C@@H]1N(c2nc(-c3noc([C@@H]4CCNC4)n3)c3c(n2)C(F)(F)CC3)CC1(F)F. The van der Waals surface area contributed by atoms with E-state index in [9.17, 15) is 17.6 Å². The number of alkyl halides is 4. The molecule has 28 heavy (non-hydrogen) atoms. The molecule has 2 aliphatic heterocycles. The molecule has 0 bridgehead atoms. The van der Waals surface area contributed by atoms with Crippen LogP contribution in [0.25, 0.3) is 11.5 Å². The third kappa shape index (κ3) is 2.59. The van der Waals surface area contributed by atoms with E-state index < -0.39 is 36.5 Å². The Hall–Kier alpha value is -2.30. The fourth-order valence-electron chi connectivity index (χ4n) is 3.94. The molecule has 0 unspecified atom stereocenters. The lowest BCUT2D eigenvalue weighted by atomic mass is 10.0. The summed E-state index contributed by atoms with van der Waals surface area (Å²) in [5.41, 5.74) is -0.0325. The number of fused-ring (bicyclic) bond motifs is 1. The highest BCUT2D eigenvalue weighted by molar-refractivity contribution is 5.61. The first kappa shape index (κ1) is 17.8. The van der Waals surface area contributed by atoms with Gasteiger partial charge in [-0.15, -0.1) is 0 Å². The van der Waals surface area contributed by atoms with Gasteiger partial charge in [0.05, 0.1) is 18.5 Å². The number of hydrogen-bond donors (Lipinski definition) is 1. The summed E-state index contributed by atoms with van der Waals surface area (Å²) in [6, 6.07) is -1.17. The molecule has 2 aromatic rings. The molecule has 0 spiro atoms. The molecule has 1 aliphatic carbocycles. The predicted molar refractivity (Wildman–Crippen MR) is 89.5 cm³/mol. The van der Waals surface area contributed by atoms with Crippen LogP contribution < -0.4 is 10.2 Å². The molecule has 1 N–H and O–H groups in total. The van der Waals surface area contributed by atoms with E-state index in [4.69, 9.17) is 4.52 Å². The van der Waals surface area contributed by atoms with Gasteiger partial charge in [0.2, 0.25) is 17.7 Å². The smallest absolute Gasteiger partial charge is 0.290 e. The van der Waals surface area contributed by atoms with E-state index >= 15 is 0 Å². The molecule has 0 saturated carbocycles. The molecule has 0 aromatic carbocycles. The van der Waals surface area contributed by atoms with E-state index in [1.54, 1.807) is 0 Å². The Morgan fingerprint density at radius 2 is 2.00 bits per heavy atom. The maximum absolute atomic E-state index is 14.4. The molecule has 4 heterocycles. The summed E-state index contributed by atoms with van der Waals surface area (Å²) in [6.45, 7) is 2.25. The highest BCUT2D eigenvalue weighted by atomic mass is 19.3. The second-order valence-corrected chi connectivity index (χ2v) is 7.61. The molecule has 0 amide bonds. The van der Waals surface area contributed by atoms with Crippen LogP contribution in [0.3, 0.4) is 0 Å². The Morgan fingerprint density at radius 3 is 2.68 bits per heavy atom. The summed E-state index contributed by atoms with van der Waals surface area (Å²) in [7, 11) is 0. The van der Waals surface area contributed by atoms with Crippen LogP contribution in [0.1, 0.15) is 42.8 Å². The van der Waals surface area contributed by atoms with Crippen LogP contribution in [0, 0.1) is 0 Å². The molecular formula is C17H18F4N6O. The van der Waals surface area contributed by atoms with Crippen LogP contribution in [0.4, 0.5) is 23.5 Å². The van der Waals surface area contributed by atoms with Crippen molar-refractivity contribution in [1.82, 2.24) is 25.4 Å². The van der Waals surface area contributed by atoms with Crippen molar-refractivity contribution in [1.29, 1.82) is 0 Å². The van der Waals surface area contributed by atoms with E-state index in [0.29, 0.717) is 12.4 Å². The molecule has 7 nitrogen and oxygen atoms in total. The number of anilines is 1. The molecule has 5 rings (SSSR count). The minimum atomic E-state index is -3.14. The fraction of sp³-hybridized carbons (Fsp3) is 0.647. The zero-order chi connectivity index (χ0) is 19.7. The van der Waals surface area contributed by atoms with Gasteiger partial charge in [0.1, 0.15) is 11.4 Å². The van der Waals surface area contributed by atoms with Crippen molar-refractivity contribution in [2.45, 2.75) is 50.0 Å². The molecule has 3 aliphatic rings. The van der Waals surface area contributed by atoms with Crippen LogP contribution in [0.5, 0.6) is 0 Å². The van der Waals surface area contributed by atoms with Crippen LogP contribution >= 0.6 is 0 Å². The Morgan fingerprint density at radius 1 is 1.18 bits per heavy atom. The van der Waals surface area contributed by atoms with Crippen molar-refractivity contribution in [3.8, 4) is 11.5 Å². The van der Waals surface area contributed by atoms with Gasteiger partial charge >= 0.3 is 0 Å². The van der Waals surface area contributed by atoms with Crippen LogP contribution in [-0.2, 0) is 12.3 Å². The van der Waals surface area contributed by atoms with Gasteiger partial charge in [0.15, 0.2) is 0 Å². The normalized spacial score (nSPS) is 27.7. The Labute approximate surface area is 157 Å². The Kier molecular flexibility index (Phi) is 3.71. The Bertz CT molecular complexity index is 926. The maximum atomic E-state index is 14.4. The van der Waals surface area contributed by atoms with Crippen molar-refractivity contribution >= 4 is 5.95 Å². The largest absolute Gasteiger partial charge is 0.339 e. The quantitative estimate of drug-likeness (QED) is 0.796. The highest BCUT2D eigenvalue weighted by Crippen LogP contribution is 2.45. The van der Waals surface area contributed by atoms with E-state index in [0.717, 1.165) is 13.0 Å². The molecule has 2 atom stereocenters. The maximum Gasteiger partial charge on any atom is 0.290 e. The van der Waals surface area contributed by atoms with Crippen molar-refractivity contribution in [2.24, 2.45) is 0 Å². The fourth-order valence-corrected chi connectivity index (χ4v) is 3.94. The first-order chi connectivity index (χ1) is 13.3. The number of hydrogen-bond acceptors (Lipinski definition) is 7. The summed E-state index contributed by atoms with van der Waals surface area (Å²) in [5, 5.41) is 7.13. The molecule has 11 heteroatoms. The monoisotopic (exact) mass is 398 g/mol. The minimum Gasteiger partial charge on any atom is -0.339 e. The standard InChI is InChI=1S/C17H18F4N6O/c1-8-17(20,21)7-27(8)15-23-11(10-2-4-16(18,19)12(10)24-15)13-25-14(28-26-13)9-3-5-22-6-9/h8-9,22H,2-7H2,1H3/t8-,9+/m0/s1. The van der Waals surface area contributed by atoms with Crippen molar-refractivity contribution < 1.29 is 22.1 Å². The van der Waals surface area contributed by atoms with Crippen molar-refractivity contribution in [2.75, 3.05) is 24.5 Å². The summed E-state index contributed by atoms with van der Waals surface area (Å²) in [4.78, 5) is 13.8. The van der Waals surface area contributed by atoms with Crippen LogP contribution in [0.2, 0.25) is 0 Å². The van der Waals surface area contributed by atoms with Crippen molar-refractivity contribution in [3.05, 3.63) is 17.1 Å². The van der Waals surface area contributed by atoms with E-state index in [1.165, 1.54) is 11.8 Å². The lowest BCUT2D eigenvalue weighted by Crippen LogP contribution is -2.64. The van der Waals surface area contributed by atoms with E-state index in [2.05, 4.69) is 25.4 Å². The summed E-state index contributed by atoms with van der Waals surface area (Å²) in [6.07, 6.45) is 0.502. The number of nitrogens with zero attached hydrogens (tertiary/aromatic N) is 5. The molecule has 2 fully saturated rings. The Balaban J connectivity index is 1.58. The minimum absolute atomic E-state index is 0.0612. The van der Waals surface area contributed by atoms with Gasteiger partial charge in [-0.2, -0.15) is 13.8 Å². The van der Waals surface area contributed by atoms with Gasteiger partial charge in [-0.25, -0.2) is 18.7 Å². The van der Waals surface area contributed by atoms with Crippen LogP contribution in [-0.4, -0.2) is 51.7 Å². The summed E-state index contributed by atoms with van der Waals surface area (Å²) < 4.78 is 61.3. The third-order valence-corrected chi connectivity index (χ3v) is 5.81. The van der Waals surface area contributed by atoms with Gasteiger partial charge in [-0.1, -0.05) is 5.16 Å². The van der Waals surface area contributed by atoms with Crippen LogP contribution in [0.15, 0.2) is 4.52 Å². The van der Waals surface area contributed by atoms with E-state index in [1.807, 2.05) is 0 Å². The van der Waals surface area contributed by atoms with Crippen molar-refractivity contribution in [3.63, 3.8) is 0 Å². The third-order valence-electron chi connectivity index (χ3n) is 5.81. The average molecular weight is 398 g/mol. The molecule has 150 valence electrons. The van der Waals surface area contributed by atoms with E-state index in [-0.39, 0.29) is 35.4 Å². The first-order valence-electron chi connectivity index (χ1n) is 9.24. The number of aromatic nitrogens is 4. The van der Waals surface area contributed by atoms with Gasteiger partial charge in [-0.05, 0) is 26.3 Å². The van der Waals surface area contributed by atoms with Gasteiger partial charge < -0.3 is 14.7 Å². The second kappa shape index (κ2) is 5.85. The zero-order valence-corrected chi connectivity index (χ0v) is 15.1. The lowest BCUT2D eigenvalue weighted by molar-refractivity contribution is -0.0650. The number of nitrogens with one attached hydrogen (secondary N) is 1. The average Bonchev–Trinajstić information content (AvgIpc) is 3.39. The molecular weight excluding hydrogens is 380 g/mol. The molecule has 0 radical (unpaired) electrons. The summed E-state index contributed by atoms with van der Waals surface area (Å²) >= 11 is 0. The summed E-state index contributed by atoms with van der Waals surface area (Å²) in [5.74, 6) is -5.61. The molecule has 2 saturated heterocycles. The molecule has 2 aromatic heterocycles. The number of halogens is 4. The van der Waals surface area contributed by atoms with Gasteiger partial charge in [0, 0.05) is 18.5 Å². The first-order valence-corrected chi connectivity index (χ1v) is 9.24. The van der Waals surface area contributed by atoms with Gasteiger partial charge in [-0.3, -0.25) is 0 Å². The number of rotatable bonds is 3. The lowest BCUT2D eigenvalue weighted by Gasteiger charge is -2.45.